The largest absolute Gasteiger partial charge is 0.485 e. The zero-order chi connectivity index (χ0) is 25.6. The van der Waals surface area contributed by atoms with Gasteiger partial charge < -0.3 is 4.74 Å². The third-order valence-electron chi connectivity index (χ3n) is 5.99. The van der Waals surface area contributed by atoms with E-state index in [2.05, 4.69) is 15.0 Å². The Morgan fingerprint density at radius 3 is 2.61 bits per heavy atom. The quantitative estimate of drug-likeness (QED) is 0.379. The van der Waals surface area contributed by atoms with Crippen molar-refractivity contribution in [1.82, 2.24) is 19.5 Å². The van der Waals surface area contributed by atoms with E-state index in [1.54, 1.807) is 38.2 Å². The fraction of sp³-hybridized carbons (Fsp3) is 0.192. The lowest BCUT2D eigenvalue weighted by Crippen LogP contribution is -2.23. The zero-order valence-electron chi connectivity index (χ0n) is 19.3. The van der Waals surface area contributed by atoms with Gasteiger partial charge in [-0.1, -0.05) is 17.7 Å². The Balaban J connectivity index is 1.51. The molecule has 7 nitrogen and oxygen atoms in total. The number of carbonyl (C=O) groups is 1. The number of halogens is 3. The lowest BCUT2D eigenvalue weighted by atomic mass is 10.1. The van der Waals surface area contributed by atoms with Crippen LogP contribution in [0.4, 0.5) is 8.78 Å². The van der Waals surface area contributed by atoms with Crippen LogP contribution in [0.1, 0.15) is 39.4 Å². The summed E-state index contributed by atoms with van der Waals surface area (Å²) in [5.41, 5.74) is 3.49. The maximum atomic E-state index is 13.9. The van der Waals surface area contributed by atoms with Crippen LogP contribution in [0, 0.1) is 25.5 Å². The van der Waals surface area contributed by atoms with Gasteiger partial charge in [0.2, 0.25) is 0 Å². The summed E-state index contributed by atoms with van der Waals surface area (Å²) >= 11 is 6.34. The molecule has 0 bridgehead atoms. The van der Waals surface area contributed by atoms with Crippen LogP contribution in [0.3, 0.4) is 0 Å². The average molecular weight is 509 g/mol. The first-order valence-corrected chi connectivity index (χ1v) is 11.5. The predicted octanol–water partition coefficient (Wildman–Crippen LogP) is 4.95. The van der Waals surface area contributed by atoms with Gasteiger partial charge in [-0.3, -0.25) is 24.1 Å². The van der Waals surface area contributed by atoms with Crippen LogP contribution in [-0.4, -0.2) is 25.3 Å². The van der Waals surface area contributed by atoms with Crippen molar-refractivity contribution in [2.45, 2.75) is 33.3 Å². The molecule has 0 saturated carbocycles. The van der Waals surface area contributed by atoms with E-state index in [9.17, 15) is 18.4 Å². The van der Waals surface area contributed by atoms with E-state index in [1.807, 2.05) is 6.07 Å². The van der Waals surface area contributed by atoms with E-state index in [-0.39, 0.29) is 28.9 Å². The number of nitrogens with zero attached hydrogens (tertiary/aromatic N) is 4. The molecule has 10 heteroatoms. The number of ketones is 1. The Hall–Kier alpha value is -3.98. The number of ether oxygens (including phenoxy) is 1. The molecule has 0 unspecified atom stereocenters. The second-order valence-electron chi connectivity index (χ2n) is 8.46. The van der Waals surface area contributed by atoms with Crippen LogP contribution in [-0.2, 0) is 13.0 Å². The fourth-order valence-electron chi connectivity index (χ4n) is 4.12. The molecule has 0 N–H and O–H groups in total. The predicted molar refractivity (Wildman–Crippen MR) is 129 cm³/mol. The molecule has 0 saturated heterocycles. The van der Waals surface area contributed by atoms with Crippen molar-refractivity contribution < 1.29 is 18.3 Å². The topological polar surface area (TPSA) is 87.0 Å². The third kappa shape index (κ3) is 4.26. The Bertz CT molecular complexity index is 1600. The highest BCUT2D eigenvalue weighted by atomic mass is 35.5. The Kier molecular flexibility index (Phi) is 6.09. The van der Waals surface area contributed by atoms with Gasteiger partial charge in [-0.2, -0.15) is 0 Å². The van der Waals surface area contributed by atoms with Crippen molar-refractivity contribution in [3.63, 3.8) is 0 Å². The highest BCUT2D eigenvalue weighted by molar-refractivity contribution is 6.31. The van der Waals surface area contributed by atoms with Gasteiger partial charge in [0.05, 0.1) is 23.3 Å². The Labute approximate surface area is 209 Å². The van der Waals surface area contributed by atoms with Crippen LogP contribution in [0.15, 0.2) is 47.5 Å². The summed E-state index contributed by atoms with van der Waals surface area (Å²) in [4.78, 5) is 38.0. The van der Waals surface area contributed by atoms with Gasteiger partial charge in [0, 0.05) is 30.4 Å². The number of rotatable bonds is 5. The van der Waals surface area contributed by atoms with Gasteiger partial charge in [-0.25, -0.2) is 13.8 Å². The number of aryl methyl sites for hydroxylation is 3. The monoisotopic (exact) mass is 508 g/mol. The number of carbonyl (C=O) groups excluding carboxylic acids is 1. The molecule has 1 aliphatic rings. The van der Waals surface area contributed by atoms with Crippen LogP contribution in [0.5, 0.6) is 5.75 Å². The minimum absolute atomic E-state index is 0.00402. The van der Waals surface area contributed by atoms with Crippen LogP contribution in [0.25, 0.3) is 17.1 Å². The molecule has 0 radical (unpaired) electrons. The smallest absolute Gasteiger partial charge is 0.277 e. The first kappa shape index (κ1) is 23.7. The number of fused-ring (bicyclic) bond motifs is 1. The highest BCUT2D eigenvalue weighted by Crippen LogP contribution is 2.28. The van der Waals surface area contributed by atoms with Crippen LogP contribution in [0.2, 0.25) is 5.02 Å². The number of hydrogen-bond donors (Lipinski definition) is 0. The van der Waals surface area contributed by atoms with Crippen molar-refractivity contribution in [2.75, 3.05) is 0 Å². The van der Waals surface area contributed by atoms with E-state index in [4.69, 9.17) is 16.3 Å². The molecule has 5 rings (SSSR count). The van der Waals surface area contributed by atoms with Crippen LogP contribution < -0.4 is 10.3 Å². The molecular formula is C26H19ClF2N4O3. The van der Waals surface area contributed by atoms with Crippen molar-refractivity contribution in [1.29, 1.82) is 0 Å². The van der Waals surface area contributed by atoms with E-state index < -0.39 is 17.2 Å². The number of hydrogen-bond acceptors (Lipinski definition) is 6. The summed E-state index contributed by atoms with van der Waals surface area (Å²) in [5.74, 6) is -1.62. The summed E-state index contributed by atoms with van der Waals surface area (Å²) in [6.45, 7) is 3.17. The lowest BCUT2D eigenvalue weighted by Gasteiger charge is -2.17. The van der Waals surface area contributed by atoms with Gasteiger partial charge in [-0.15, -0.1) is 0 Å². The molecule has 0 spiro atoms. The van der Waals surface area contributed by atoms with E-state index in [0.29, 0.717) is 52.9 Å². The lowest BCUT2D eigenvalue weighted by molar-refractivity contribution is 0.0990. The maximum Gasteiger partial charge on any atom is 0.277 e. The van der Waals surface area contributed by atoms with Gasteiger partial charge in [0.15, 0.2) is 11.6 Å². The average Bonchev–Trinajstić information content (AvgIpc) is 3.22. The van der Waals surface area contributed by atoms with Gasteiger partial charge in [0.25, 0.3) is 5.56 Å². The highest BCUT2D eigenvalue weighted by Gasteiger charge is 2.22. The van der Waals surface area contributed by atoms with Crippen LogP contribution >= 0.6 is 11.6 Å². The number of aromatic nitrogens is 4. The van der Waals surface area contributed by atoms with Crippen molar-refractivity contribution >= 4 is 17.4 Å². The minimum atomic E-state index is -0.863. The SMILES string of the molecule is Cc1cnc(-c2ccc3c(n2)C(=O)CC3)cc1-n1c(C)cc(OCc2ncc(F)cc2F)c(Cl)c1=O. The minimum Gasteiger partial charge on any atom is -0.485 e. The van der Waals surface area contributed by atoms with E-state index >= 15 is 0 Å². The standard InChI is InChI=1S/C26H19ClF2N4O3/c1-13-10-30-19(18-5-3-15-4-6-22(34)25(15)32-18)9-21(13)33-14(2)7-23(24(27)26(33)35)36-12-20-17(29)8-16(28)11-31-20/h3,5,7-11H,4,6,12H2,1-2H3. The summed E-state index contributed by atoms with van der Waals surface area (Å²) in [6.07, 6.45) is 3.62. The molecule has 4 aromatic heterocycles. The molecular weight excluding hydrogens is 490 g/mol. The van der Waals surface area contributed by atoms with Gasteiger partial charge >= 0.3 is 0 Å². The molecule has 0 amide bonds. The zero-order valence-corrected chi connectivity index (χ0v) is 20.1. The summed E-state index contributed by atoms with van der Waals surface area (Å²) in [5, 5.41) is -0.206. The second kappa shape index (κ2) is 9.23. The summed E-state index contributed by atoms with van der Waals surface area (Å²) in [7, 11) is 0. The molecule has 0 atom stereocenters. The van der Waals surface area contributed by atoms with E-state index in [0.717, 1.165) is 11.8 Å². The Morgan fingerprint density at radius 1 is 1.03 bits per heavy atom. The first-order valence-electron chi connectivity index (χ1n) is 11.1. The Morgan fingerprint density at radius 2 is 1.83 bits per heavy atom. The van der Waals surface area contributed by atoms with Crippen molar-refractivity contribution in [3.8, 4) is 22.8 Å². The maximum absolute atomic E-state index is 13.9. The van der Waals surface area contributed by atoms with E-state index in [1.165, 1.54) is 4.57 Å². The number of pyridine rings is 4. The molecule has 1 aliphatic carbocycles. The second-order valence-corrected chi connectivity index (χ2v) is 8.84. The summed E-state index contributed by atoms with van der Waals surface area (Å²) < 4.78 is 34.0. The molecule has 4 aromatic rings. The molecule has 36 heavy (non-hydrogen) atoms. The molecule has 0 aliphatic heterocycles. The first-order chi connectivity index (χ1) is 17.2. The third-order valence-corrected chi connectivity index (χ3v) is 6.34. The van der Waals surface area contributed by atoms with Gasteiger partial charge in [-0.05, 0) is 43.5 Å². The normalized spacial score (nSPS) is 12.6. The number of Topliss-reactive ketones (excluding diaryl/α,β-unsaturated/α-hetero) is 1. The molecule has 0 fully saturated rings. The van der Waals surface area contributed by atoms with Crippen molar-refractivity contribution in [3.05, 3.63) is 97.9 Å². The molecule has 182 valence electrons. The fourth-order valence-corrected chi connectivity index (χ4v) is 4.31. The van der Waals surface area contributed by atoms with Gasteiger partial charge in [0.1, 0.15) is 34.6 Å². The molecule has 4 heterocycles. The molecule has 0 aromatic carbocycles. The summed E-state index contributed by atoms with van der Waals surface area (Å²) in [6, 6.07) is 7.65. The van der Waals surface area contributed by atoms with Crippen molar-refractivity contribution in [2.24, 2.45) is 0 Å².